The van der Waals surface area contributed by atoms with Gasteiger partial charge in [-0.15, -0.1) is 0 Å². The van der Waals surface area contributed by atoms with Crippen LogP contribution in [0.25, 0.3) is 0 Å². The molecular formula is C13H15ClN2O2. The lowest BCUT2D eigenvalue weighted by Crippen LogP contribution is -2.32. The topological polar surface area (TPSA) is 73.1 Å². The molecule has 0 aromatic heterocycles. The zero-order chi connectivity index (χ0) is 13.6. The molecular weight excluding hydrogens is 252 g/mol. The van der Waals surface area contributed by atoms with E-state index < -0.39 is 11.5 Å². The summed E-state index contributed by atoms with van der Waals surface area (Å²) in [5, 5.41) is 21.4. The Kier molecular flexibility index (Phi) is 4.99. The summed E-state index contributed by atoms with van der Waals surface area (Å²) in [5.74, 6) is -0.849. The lowest BCUT2D eigenvalue weighted by atomic mass is 9.96. The number of halogens is 1. The maximum absolute atomic E-state index is 10.5. The summed E-state index contributed by atoms with van der Waals surface area (Å²) in [6.07, 6.45) is 0.976. The van der Waals surface area contributed by atoms with E-state index in [1.165, 1.54) is 0 Å². The number of carboxylic acids is 1. The Labute approximate surface area is 111 Å². The van der Waals surface area contributed by atoms with Crippen molar-refractivity contribution < 1.29 is 9.90 Å². The van der Waals surface area contributed by atoms with Crippen LogP contribution in [0.15, 0.2) is 24.3 Å². The van der Waals surface area contributed by atoms with Gasteiger partial charge in [0.2, 0.25) is 0 Å². The molecule has 0 aliphatic rings. The van der Waals surface area contributed by atoms with Crippen LogP contribution in [0.4, 0.5) is 5.69 Å². The Morgan fingerprint density at radius 3 is 2.89 bits per heavy atom. The van der Waals surface area contributed by atoms with Crippen molar-refractivity contribution in [1.82, 2.24) is 0 Å². The van der Waals surface area contributed by atoms with E-state index in [1.807, 2.05) is 6.07 Å². The normalized spacial score (nSPS) is 13.4. The van der Waals surface area contributed by atoms with Gasteiger partial charge >= 0.3 is 5.97 Å². The van der Waals surface area contributed by atoms with Gasteiger partial charge in [-0.25, -0.2) is 0 Å². The Hall–Kier alpha value is -1.73. The molecule has 0 saturated carbocycles. The molecule has 0 heterocycles. The highest BCUT2D eigenvalue weighted by molar-refractivity contribution is 6.30. The van der Waals surface area contributed by atoms with E-state index in [4.69, 9.17) is 16.7 Å². The van der Waals surface area contributed by atoms with E-state index in [9.17, 15) is 10.1 Å². The van der Waals surface area contributed by atoms with Crippen molar-refractivity contribution in [3.63, 3.8) is 0 Å². The van der Waals surface area contributed by atoms with E-state index in [0.29, 0.717) is 17.9 Å². The van der Waals surface area contributed by atoms with E-state index in [0.717, 1.165) is 5.69 Å². The Morgan fingerprint density at radius 1 is 1.61 bits per heavy atom. The van der Waals surface area contributed by atoms with E-state index >= 15 is 0 Å². The van der Waals surface area contributed by atoms with Gasteiger partial charge < -0.3 is 10.4 Å². The van der Waals surface area contributed by atoms with Crippen molar-refractivity contribution in [1.29, 1.82) is 5.26 Å². The number of nitriles is 1. The van der Waals surface area contributed by atoms with Gasteiger partial charge in [-0.05, 0) is 38.0 Å². The van der Waals surface area contributed by atoms with Crippen LogP contribution in [0.5, 0.6) is 0 Å². The first-order chi connectivity index (χ1) is 8.45. The Bertz CT molecular complexity index is 470. The van der Waals surface area contributed by atoms with Crippen LogP contribution >= 0.6 is 11.6 Å². The third kappa shape index (κ3) is 4.64. The lowest BCUT2D eigenvalue weighted by Gasteiger charge is -2.24. The van der Waals surface area contributed by atoms with Gasteiger partial charge in [-0.1, -0.05) is 17.7 Å². The number of hydrogen-bond donors (Lipinski definition) is 2. The van der Waals surface area contributed by atoms with Crippen molar-refractivity contribution in [2.24, 2.45) is 0 Å². The standard InChI is InChI=1S/C13H15ClN2O2/c1-13(9-15,7-3-6-12(17)18)16-11-5-2-4-10(14)8-11/h2,4-5,8,16H,3,6-7H2,1H3,(H,17,18). The summed E-state index contributed by atoms with van der Waals surface area (Å²) < 4.78 is 0. The molecule has 1 atom stereocenters. The minimum Gasteiger partial charge on any atom is -0.481 e. The molecule has 0 aliphatic carbocycles. The van der Waals surface area contributed by atoms with Crippen LogP contribution in [0.3, 0.4) is 0 Å². The van der Waals surface area contributed by atoms with E-state index in [2.05, 4.69) is 11.4 Å². The maximum Gasteiger partial charge on any atom is 0.303 e. The SMILES string of the molecule is CC(C#N)(CCCC(=O)O)Nc1cccc(Cl)c1. The van der Waals surface area contributed by atoms with E-state index in [-0.39, 0.29) is 6.42 Å². The van der Waals surface area contributed by atoms with Crippen molar-refractivity contribution >= 4 is 23.3 Å². The molecule has 4 nitrogen and oxygen atoms in total. The smallest absolute Gasteiger partial charge is 0.303 e. The summed E-state index contributed by atoms with van der Waals surface area (Å²) in [7, 11) is 0. The first-order valence-corrected chi connectivity index (χ1v) is 6.00. The Morgan fingerprint density at radius 2 is 2.33 bits per heavy atom. The van der Waals surface area contributed by atoms with Crippen molar-refractivity contribution in [2.75, 3.05) is 5.32 Å². The predicted molar refractivity (Wildman–Crippen MR) is 70.6 cm³/mol. The minimum atomic E-state index is -0.849. The van der Waals surface area contributed by atoms with E-state index in [1.54, 1.807) is 25.1 Å². The second-order valence-corrected chi connectivity index (χ2v) is 4.76. The lowest BCUT2D eigenvalue weighted by molar-refractivity contribution is -0.137. The van der Waals surface area contributed by atoms with Crippen LogP contribution in [0, 0.1) is 11.3 Å². The molecule has 2 N–H and O–H groups in total. The second kappa shape index (κ2) is 6.27. The molecule has 96 valence electrons. The first kappa shape index (κ1) is 14.3. The molecule has 5 heteroatoms. The highest BCUT2D eigenvalue weighted by atomic mass is 35.5. The van der Waals surface area contributed by atoms with Gasteiger partial charge in [0.25, 0.3) is 0 Å². The number of anilines is 1. The van der Waals surface area contributed by atoms with Gasteiger partial charge in [-0.3, -0.25) is 4.79 Å². The summed E-state index contributed by atoms with van der Waals surface area (Å²) in [6, 6.07) is 9.26. The fourth-order valence-corrected chi connectivity index (χ4v) is 1.81. The number of rotatable bonds is 6. The van der Waals surface area contributed by atoms with Gasteiger partial charge in [0, 0.05) is 17.1 Å². The fraction of sp³-hybridized carbons (Fsp3) is 0.385. The van der Waals surface area contributed by atoms with Crippen LogP contribution < -0.4 is 5.32 Å². The summed E-state index contributed by atoms with van der Waals surface area (Å²) >= 11 is 5.86. The molecule has 1 unspecified atom stereocenters. The van der Waals surface area contributed by atoms with Gasteiger partial charge in [0.15, 0.2) is 0 Å². The molecule has 18 heavy (non-hydrogen) atoms. The molecule has 0 saturated heterocycles. The zero-order valence-electron chi connectivity index (χ0n) is 10.1. The fourth-order valence-electron chi connectivity index (χ4n) is 1.62. The molecule has 0 amide bonds. The number of benzene rings is 1. The Balaban J connectivity index is 2.65. The molecule has 1 aromatic carbocycles. The molecule has 0 fully saturated rings. The predicted octanol–water partition coefficient (Wildman–Crippen LogP) is 3.29. The van der Waals surface area contributed by atoms with Crippen molar-refractivity contribution in [3.8, 4) is 6.07 Å². The molecule has 1 aromatic rings. The highest BCUT2D eigenvalue weighted by Crippen LogP contribution is 2.22. The molecule has 1 rings (SSSR count). The third-order valence-electron chi connectivity index (χ3n) is 2.56. The monoisotopic (exact) mass is 266 g/mol. The summed E-state index contributed by atoms with van der Waals surface area (Å²) in [5.41, 5.74) is -0.0398. The van der Waals surface area contributed by atoms with Crippen LogP contribution in [0.2, 0.25) is 5.02 Å². The second-order valence-electron chi connectivity index (χ2n) is 4.33. The van der Waals surface area contributed by atoms with Gasteiger partial charge in [-0.2, -0.15) is 5.26 Å². The molecule has 0 bridgehead atoms. The summed E-state index contributed by atoms with van der Waals surface area (Å²) in [6.45, 7) is 1.75. The maximum atomic E-state index is 10.5. The average molecular weight is 267 g/mol. The molecule has 0 radical (unpaired) electrons. The van der Waals surface area contributed by atoms with Gasteiger partial charge in [0.1, 0.15) is 5.54 Å². The van der Waals surface area contributed by atoms with Crippen LogP contribution in [0.1, 0.15) is 26.2 Å². The number of nitrogens with one attached hydrogen (secondary N) is 1. The third-order valence-corrected chi connectivity index (χ3v) is 2.79. The minimum absolute atomic E-state index is 0.0640. The number of carboxylic acid groups (broad SMARTS) is 1. The molecule has 0 spiro atoms. The highest BCUT2D eigenvalue weighted by Gasteiger charge is 2.23. The number of hydrogen-bond acceptors (Lipinski definition) is 3. The average Bonchev–Trinajstić information content (AvgIpc) is 2.28. The van der Waals surface area contributed by atoms with Crippen LogP contribution in [-0.4, -0.2) is 16.6 Å². The number of nitrogens with zero attached hydrogens (tertiary/aromatic N) is 1. The molecule has 0 aliphatic heterocycles. The van der Waals surface area contributed by atoms with Crippen molar-refractivity contribution in [3.05, 3.63) is 29.3 Å². The first-order valence-electron chi connectivity index (χ1n) is 5.62. The van der Waals surface area contributed by atoms with Gasteiger partial charge in [0.05, 0.1) is 6.07 Å². The largest absolute Gasteiger partial charge is 0.481 e. The quantitative estimate of drug-likeness (QED) is 0.829. The van der Waals surface area contributed by atoms with Crippen molar-refractivity contribution in [2.45, 2.75) is 31.7 Å². The zero-order valence-corrected chi connectivity index (χ0v) is 10.9. The van der Waals surface area contributed by atoms with Crippen LogP contribution in [-0.2, 0) is 4.79 Å². The number of carbonyl (C=O) groups is 1. The number of aliphatic carboxylic acids is 1. The summed E-state index contributed by atoms with van der Waals surface area (Å²) in [4.78, 5) is 10.5.